The third-order valence-corrected chi connectivity index (χ3v) is 6.91. The fourth-order valence-corrected chi connectivity index (χ4v) is 4.80. The van der Waals surface area contributed by atoms with Crippen molar-refractivity contribution in [2.45, 2.75) is 19.8 Å². The minimum Gasteiger partial charge on any atom is -0.493 e. The molecule has 0 aromatic heterocycles. The largest absolute Gasteiger partial charge is 0.493 e. The number of anilines is 1. The topological polar surface area (TPSA) is 79.4 Å². The van der Waals surface area contributed by atoms with Gasteiger partial charge in [-0.3, -0.25) is 14.4 Å². The maximum atomic E-state index is 13.1. The van der Waals surface area contributed by atoms with Gasteiger partial charge in [0.25, 0.3) is 0 Å². The molecule has 2 aromatic rings. The number of benzene rings is 2. The first-order valence-corrected chi connectivity index (χ1v) is 12.0. The summed E-state index contributed by atoms with van der Waals surface area (Å²) in [5, 5.41) is 0. The Hall–Kier alpha value is -3.55. The molecule has 2 aliphatic heterocycles. The zero-order valence-electron chi connectivity index (χ0n) is 20.7. The van der Waals surface area contributed by atoms with E-state index in [2.05, 4.69) is 4.90 Å². The first-order valence-electron chi connectivity index (χ1n) is 12.0. The van der Waals surface area contributed by atoms with E-state index in [1.165, 1.54) is 0 Å². The molecule has 8 heteroatoms. The van der Waals surface area contributed by atoms with Gasteiger partial charge in [0.15, 0.2) is 17.3 Å². The van der Waals surface area contributed by atoms with E-state index in [-0.39, 0.29) is 29.9 Å². The summed E-state index contributed by atoms with van der Waals surface area (Å²) in [5.41, 5.74) is 2.81. The number of Topliss-reactive ketones (excluding diaryl/α,β-unsaturated/α-hetero) is 1. The molecule has 0 saturated carbocycles. The molecule has 2 aromatic carbocycles. The van der Waals surface area contributed by atoms with Crippen LogP contribution in [0.2, 0.25) is 0 Å². The van der Waals surface area contributed by atoms with Gasteiger partial charge < -0.3 is 24.2 Å². The van der Waals surface area contributed by atoms with Crippen LogP contribution in [-0.2, 0) is 16.0 Å². The molecule has 0 N–H and O–H groups in total. The summed E-state index contributed by atoms with van der Waals surface area (Å²) in [4.78, 5) is 43.1. The highest BCUT2D eigenvalue weighted by atomic mass is 16.5. The van der Waals surface area contributed by atoms with Crippen LogP contribution in [0, 0.1) is 5.92 Å². The van der Waals surface area contributed by atoms with Crippen molar-refractivity contribution in [3.05, 3.63) is 53.6 Å². The molecule has 186 valence electrons. The van der Waals surface area contributed by atoms with Gasteiger partial charge in [-0.2, -0.15) is 0 Å². The van der Waals surface area contributed by atoms with Crippen molar-refractivity contribution >= 4 is 23.3 Å². The van der Waals surface area contributed by atoms with Gasteiger partial charge in [-0.25, -0.2) is 0 Å². The molecule has 4 rings (SSSR count). The highest BCUT2D eigenvalue weighted by molar-refractivity contribution is 5.94. The van der Waals surface area contributed by atoms with Crippen LogP contribution < -0.4 is 14.4 Å². The van der Waals surface area contributed by atoms with E-state index in [1.807, 2.05) is 47.4 Å². The number of amides is 2. The third kappa shape index (κ3) is 5.58. The van der Waals surface area contributed by atoms with E-state index in [9.17, 15) is 14.4 Å². The van der Waals surface area contributed by atoms with Crippen molar-refractivity contribution in [1.29, 1.82) is 0 Å². The Morgan fingerprint density at radius 2 is 1.63 bits per heavy atom. The molecule has 2 saturated heterocycles. The number of ether oxygens (including phenoxy) is 2. The zero-order valence-corrected chi connectivity index (χ0v) is 20.7. The van der Waals surface area contributed by atoms with Crippen LogP contribution in [0.4, 0.5) is 5.69 Å². The number of ketones is 1. The molecule has 0 aliphatic carbocycles. The van der Waals surface area contributed by atoms with Gasteiger partial charge in [-0.15, -0.1) is 0 Å². The predicted molar refractivity (Wildman–Crippen MR) is 133 cm³/mol. The molecule has 1 unspecified atom stereocenters. The number of likely N-dealkylation sites (tertiary alicyclic amines) is 1. The van der Waals surface area contributed by atoms with Crippen molar-refractivity contribution in [2.75, 3.05) is 58.4 Å². The van der Waals surface area contributed by atoms with Crippen LogP contribution in [0.15, 0.2) is 42.5 Å². The van der Waals surface area contributed by atoms with Gasteiger partial charge in [-0.1, -0.05) is 6.07 Å². The molecule has 0 radical (unpaired) electrons. The SMILES string of the molecule is COc1ccc(CCN2CC(C(=O)N3CCN(c4ccc(C(C)=O)cc4)CC3)CC2=O)cc1OC. The standard InChI is InChI=1S/C27H33N3O5/c1-19(31)21-5-7-23(8-6-21)28-12-14-29(15-13-28)27(33)22-17-26(32)30(18-22)11-10-20-4-9-24(34-2)25(16-20)35-3/h4-9,16,22H,10-15,17-18H2,1-3H3. The molecule has 2 aliphatic rings. The highest BCUT2D eigenvalue weighted by Crippen LogP contribution is 2.28. The number of carbonyl (C=O) groups is 3. The van der Waals surface area contributed by atoms with Crippen LogP contribution in [-0.4, -0.2) is 80.9 Å². The second-order valence-corrected chi connectivity index (χ2v) is 9.10. The fourth-order valence-electron chi connectivity index (χ4n) is 4.80. The summed E-state index contributed by atoms with van der Waals surface area (Å²) in [6.45, 7) is 5.32. The molecule has 2 heterocycles. The van der Waals surface area contributed by atoms with E-state index < -0.39 is 0 Å². The Morgan fingerprint density at radius 3 is 2.26 bits per heavy atom. The van der Waals surface area contributed by atoms with Crippen LogP contribution in [0.1, 0.15) is 29.3 Å². The lowest BCUT2D eigenvalue weighted by Gasteiger charge is -2.37. The first kappa shape index (κ1) is 24.6. The van der Waals surface area contributed by atoms with Gasteiger partial charge >= 0.3 is 0 Å². The van der Waals surface area contributed by atoms with Crippen molar-refractivity contribution in [1.82, 2.24) is 9.80 Å². The monoisotopic (exact) mass is 479 g/mol. The summed E-state index contributed by atoms with van der Waals surface area (Å²) in [6.07, 6.45) is 0.964. The molecular weight excluding hydrogens is 446 g/mol. The van der Waals surface area contributed by atoms with Crippen molar-refractivity contribution in [3.8, 4) is 11.5 Å². The number of methoxy groups -OCH3 is 2. The van der Waals surface area contributed by atoms with E-state index in [1.54, 1.807) is 26.0 Å². The quantitative estimate of drug-likeness (QED) is 0.542. The Bertz CT molecular complexity index is 1080. The highest BCUT2D eigenvalue weighted by Gasteiger charge is 2.37. The van der Waals surface area contributed by atoms with E-state index >= 15 is 0 Å². The summed E-state index contributed by atoms with van der Waals surface area (Å²) < 4.78 is 10.6. The van der Waals surface area contributed by atoms with Gasteiger partial charge in [-0.05, 0) is 55.3 Å². The summed E-state index contributed by atoms with van der Waals surface area (Å²) in [7, 11) is 3.20. The zero-order chi connectivity index (χ0) is 24.9. The summed E-state index contributed by atoms with van der Waals surface area (Å²) >= 11 is 0. The predicted octanol–water partition coefficient (Wildman–Crippen LogP) is 2.65. The lowest BCUT2D eigenvalue weighted by Crippen LogP contribution is -2.50. The van der Waals surface area contributed by atoms with E-state index in [4.69, 9.17) is 9.47 Å². The van der Waals surface area contributed by atoms with Crippen molar-refractivity contribution in [3.63, 3.8) is 0 Å². The average Bonchev–Trinajstić information content (AvgIpc) is 3.27. The van der Waals surface area contributed by atoms with Crippen LogP contribution in [0.5, 0.6) is 11.5 Å². The number of hydrogen-bond acceptors (Lipinski definition) is 6. The minimum atomic E-state index is -0.283. The molecular formula is C27H33N3O5. The van der Waals surface area contributed by atoms with Gasteiger partial charge in [0.1, 0.15) is 0 Å². The number of hydrogen-bond donors (Lipinski definition) is 0. The third-order valence-electron chi connectivity index (χ3n) is 6.91. The van der Waals surface area contributed by atoms with Gasteiger partial charge in [0.05, 0.1) is 20.1 Å². The van der Waals surface area contributed by atoms with Crippen LogP contribution in [0.25, 0.3) is 0 Å². The lowest BCUT2D eigenvalue weighted by molar-refractivity contribution is -0.136. The minimum absolute atomic E-state index is 0.0352. The number of carbonyl (C=O) groups excluding carboxylic acids is 3. The molecule has 8 nitrogen and oxygen atoms in total. The number of piperazine rings is 1. The molecule has 1 atom stereocenters. The van der Waals surface area contributed by atoms with Crippen LogP contribution >= 0.6 is 0 Å². The second-order valence-electron chi connectivity index (χ2n) is 9.10. The molecule has 2 amide bonds. The number of nitrogens with zero attached hydrogens (tertiary/aromatic N) is 3. The van der Waals surface area contributed by atoms with Gasteiger partial charge in [0.2, 0.25) is 11.8 Å². The normalized spacial score (nSPS) is 18.1. The first-order chi connectivity index (χ1) is 16.9. The molecule has 35 heavy (non-hydrogen) atoms. The van der Waals surface area contributed by atoms with Crippen molar-refractivity contribution in [2.24, 2.45) is 5.92 Å². The van der Waals surface area contributed by atoms with E-state index in [0.29, 0.717) is 49.7 Å². The van der Waals surface area contributed by atoms with Crippen LogP contribution in [0.3, 0.4) is 0 Å². The maximum Gasteiger partial charge on any atom is 0.228 e. The molecule has 0 bridgehead atoms. The second kappa shape index (κ2) is 10.8. The summed E-state index contributed by atoms with van der Waals surface area (Å²) in [5.74, 6) is 1.21. The maximum absolute atomic E-state index is 13.1. The molecule has 0 spiro atoms. The molecule has 2 fully saturated rings. The van der Waals surface area contributed by atoms with E-state index in [0.717, 1.165) is 24.3 Å². The smallest absolute Gasteiger partial charge is 0.228 e. The average molecular weight is 480 g/mol. The Morgan fingerprint density at radius 1 is 0.943 bits per heavy atom. The Balaban J connectivity index is 1.28. The number of rotatable bonds is 8. The lowest BCUT2D eigenvalue weighted by atomic mass is 10.1. The van der Waals surface area contributed by atoms with Crippen molar-refractivity contribution < 1.29 is 23.9 Å². The fraction of sp³-hybridized carbons (Fsp3) is 0.444. The summed E-state index contributed by atoms with van der Waals surface area (Å²) in [6, 6.07) is 13.4. The van der Waals surface area contributed by atoms with Gasteiger partial charge in [0, 0.05) is 56.9 Å². The Labute approximate surface area is 206 Å². The Kier molecular flexibility index (Phi) is 7.58.